The van der Waals surface area contributed by atoms with E-state index >= 15 is 0 Å². The molecule has 2 aromatic rings. The summed E-state index contributed by atoms with van der Waals surface area (Å²) in [6.07, 6.45) is 0. The molecule has 0 radical (unpaired) electrons. The van der Waals surface area contributed by atoms with Crippen molar-refractivity contribution in [3.63, 3.8) is 0 Å². The maximum atomic E-state index is 11.7. The fraction of sp³-hybridized carbons (Fsp3) is 0.385. The van der Waals surface area contributed by atoms with Gasteiger partial charge in [-0.05, 0) is 17.4 Å². The van der Waals surface area contributed by atoms with E-state index in [9.17, 15) is 9.59 Å². The van der Waals surface area contributed by atoms with Crippen LogP contribution in [0.5, 0.6) is 0 Å². The number of hydrogen-bond donors (Lipinski definition) is 3. The number of thioether (sulfide) groups is 1. The highest BCUT2D eigenvalue weighted by Gasteiger charge is 2.11. The van der Waals surface area contributed by atoms with Gasteiger partial charge < -0.3 is 11.1 Å². The second-order valence-electron chi connectivity index (χ2n) is 4.97. The molecule has 0 saturated carbocycles. The molecule has 9 heteroatoms. The summed E-state index contributed by atoms with van der Waals surface area (Å²) in [4.78, 5) is 32.4. The zero-order valence-electron chi connectivity index (χ0n) is 12.3. The Labute approximate surface area is 136 Å². The molecule has 0 bridgehead atoms. The normalized spacial score (nSPS) is 10.9. The summed E-state index contributed by atoms with van der Waals surface area (Å²) >= 11 is 2.60. The largest absolute Gasteiger partial charge is 0.383 e. The van der Waals surface area contributed by atoms with E-state index in [1.807, 2.05) is 25.3 Å². The first kappa shape index (κ1) is 16.5. The molecule has 0 atom stereocenters. The van der Waals surface area contributed by atoms with Crippen molar-refractivity contribution in [1.82, 2.24) is 20.6 Å². The van der Waals surface area contributed by atoms with E-state index in [1.54, 1.807) is 0 Å². The van der Waals surface area contributed by atoms with Crippen LogP contribution in [0.25, 0.3) is 10.2 Å². The van der Waals surface area contributed by atoms with Crippen LogP contribution in [0, 0.1) is 5.92 Å². The minimum absolute atomic E-state index is 0.0470. The molecule has 2 rings (SSSR count). The van der Waals surface area contributed by atoms with Crippen LogP contribution in [-0.4, -0.2) is 34.2 Å². The van der Waals surface area contributed by atoms with Crippen LogP contribution < -0.4 is 16.4 Å². The number of nitrogens with zero attached hydrogens (tertiary/aromatic N) is 2. The Balaban J connectivity index is 1.86. The van der Waals surface area contributed by atoms with Gasteiger partial charge in [-0.15, -0.1) is 11.3 Å². The Morgan fingerprint density at radius 2 is 2.18 bits per heavy atom. The van der Waals surface area contributed by atoms with Crippen molar-refractivity contribution in [3.8, 4) is 0 Å². The van der Waals surface area contributed by atoms with Crippen LogP contribution in [0.15, 0.2) is 16.6 Å². The summed E-state index contributed by atoms with van der Waals surface area (Å²) in [6.45, 7) is 4.46. The zero-order chi connectivity index (χ0) is 16.1. The summed E-state index contributed by atoms with van der Waals surface area (Å²) in [6, 6.07) is 1.36. The maximum absolute atomic E-state index is 11.7. The summed E-state index contributed by atoms with van der Waals surface area (Å²) < 4.78 is 0. The number of fused-ring (bicyclic) bond motifs is 1. The van der Waals surface area contributed by atoms with Crippen molar-refractivity contribution in [3.05, 3.63) is 11.4 Å². The van der Waals surface area contributed by atoms with Gasteiger partial charge in [-0.3, -0.25) is 10.1 Å². The van der Waals surface area contributed by atoms with Gasteiger partial charge in [0, 0.05) is 6.54 Å². The second kappa shape index (κ2) is 7.41. The van der Waals surface area contributed by atoms with Crippen molar-refractivity contribution < 1.29 is 9.59 Å². The van der Waals surface area contributed by atoms with Gasteiger partial charge in [0.25, 0.3) is 0 Å². The monoisotopic (exact) mass is 339 g/mol. The number of imide groups is 1. The molecule has 0 fully saturated rings. The molecule has 3 amide bonds. The van der Waals surface area contributed by atoms with Gasteiger partial charge in [-0.1, -0.05) is 25.6 Å². The van der Waals surface area contributed by atoms with E-state index in [0.717, 1.165) is 22.0 Å². The third-order valence-electron chi connectivity index (χ3n) is 2.59. The maximum Gasteiger partial charge on any atom is 0.321 e. The standard InChI is InChI=1S/C13H17N5O2S2/c1-7(2)5-15-12(20)16-9(19)6-22-13-17-10(14)8-3-4-21-11(8)18-13/h3-4,7H,5-6H2,1-2H3,(H2,14,17,18)(H2,15,16,19,20). The summed E-state index contributed by atoms with van der Waals surface area (Å²) in [7, 11) is 0. The highest BCUT2D eigenvalue weighted by atomic mass is 32.2. The van der Waals surface area contributed by atoms with E-state index in [-0.39, 0.29) is 5.75 Å². The van der Waals surface area contributed by atoms with Crippen LogP contribution in [0.2, 0.25) is 0 Å². The van der Waals surface area contributed by atoms with Crippen molar-refractivity contribution in [2.75, 3.05) is 18.0 Å². The lowest BCUT2D eigenvalue weighted by Crippen LogP contribution is -2.41. The van der Waals surface area contributed by atoms with E-state index in [1.165, 1.54) is 11.3 Å². The Morgan fingerprint density at radius 1 is 1.41 bits per heavy atom. The summed E-state index contributed by atoms with van der Waals surface area (Å²) in [5.41, 5.74) is 5.83. The smallest absolute Gasteiger partial charge is 0.321 e. The number of hydrogen-bond acceptors (Lipinski definition) is 7. The van der Waals surface area contributed by atoms with Gasteiger partial charge in [0.15, 0.2) is 5.16 Å². The van der Waals surface area contributed by atoms with Crippen LogP contribution in [0.1, 0.15) is 13.8 Å². The number of thiophene rings is 1. The first-order valence-electron chi connectivity index (χ1n) is 6.67. The average molecular weight is 339 g/mol. The van der Waals surface area contributed by atoms with Crippen molar-refractivity contribution in [1.29, 1.82) is 0 Å². The predicted molar refractivity (Wildman–Crippen MR) is 88.9 cm³/mol. The lowest BCUT2D eigenvalue weighted by molar-refractivity contribution is -0.117. The molecule has 7 nitrogen and oxygen atoms in total. The molecular formula is C13H17N5O2S2. The number of anilines is 1. The van der Waals surface area contributed by atoms with E-state index < -0.39 is 11.9 Å². The minimum Gasteiger partial charge on any atom is -0.383 e. The highest BCUT2D eigenvalue weighted by Crippen LogP contribution is 2.26. The molecule has 0 unspecified atom stereocenters. The number of aromatic nitrogens is 2. The van der Waals surface area contributed by atoms with Crippen LogP contribution in [0.4, 0.5) is 10.6 Å². The van der Waals surface area contributed by atoms with Gasteiger partial charge in [0.1, 0.15) is 10.6 Å². The van der Waals surface area contributed by atoms with E-state index in [0.29, 0.717) is 23.4 Å². The summed E-state index contributed by atoms with van der Waals surface area (Å²) in [5, 5.41) is 7.99. The predicted octanol–water partition coefficient (Wildman–Crippen LogP) is 1.85. The van der Waals surface area contributed by atoms with Gasteiger partial charge in [0.05, 0.1) is 11.1 Å². The van der Waals surface area contributed by atoms with Crippen molar-refractivity contribution in [2.45, 2.75) is 19.0 Å². The number of amides is 3. The molecular weight excluding hydrogens is 322 g/mol. The third kappa shape index (κ3) is 4.57. The second-order valence-corrected chi connectivity index (χ2v) is 6.81. The van der Waals surface area contributed by atoms with Gasteiger partial charge in [-0.25, -0.2) is 14.8 Å². The Hall–Kier alpha value is -1.87. The molecule has 2 heterocycles. The Kier molecular flexibility index (Phi) is 5.56. The Bertz CT molecular complexity index is 686. The molecule has 0 aromatic carbocycles. The molecule has 0 saturated heterocycles. The van der Waals surface area contributed by atoms with E-state index in [2.05, 4.69) is 20.6 Å². The number of nitrogens with two attached hydrogens (primary N) is 1. The van der Waals surface area contributed by atoms with Crippen molar-refractivity contribution in [2.24, 2.45) is 5.92 Å². The van der Waals surface area contributed by atoms with Gasteiger partial charge in [-0.2, -0.15) is 0 Å². The quantitative estimate of drug-likeness (QED) is 0.566. The average Bonchev–Trinajstić information content (AvgIpc) is 2.92. The highest BCUT2D eigenvalue weighted by molar-refractivity contribution is 7.99. The zero-order valence-corrected chi connectivity index (χ0v) is 13.9. The van der Waals surface area contributed by atoms with Crippen LogP contribution >= 0.6 is 23.1 Å². The van der Waals surface area contributed by atoms with Gasteiger partial charge in [0.2, 0.25) is 5.91 Å². The lowest BCUT2D eigenvalue weighted by Gasteiger charge is -2.08. The first-order chi connectivity index (χ1) is 10.5. The molecule has 118 valence electrons. The number of carbonyl (C=O) groups excluding carboxylic acids is 2. The molecule has 0 aliphatic rings. The minimum atomic E-state index is -0.492. The molecule has 0 aliphatic heterocycles. The number of urea groups is 1. The molecule has 0 spiro atoms. The number of nitrogen functional groups attached to an aromatic ring is 1. The lowest BCUT2D eigenvalue weighted by atomic mass is 10.2. The molecule has 0 aliphatic carbocycles. The molecule has 22 heavy (non-hydrogen) atoms. The molecule has 4 N–H and O–H groups in total. The van der Waals surface area contributed by atoms with Crippen LogP contribution in [-0.2, 0) is 4.79 Å². The van der Waals surface area contributed by atoms with E-state index in [4.69, 9.17) is 5.73 Å². The van der Waals surface area contributed by atoms with Crippen LogP contribution in [0.3, 0.4) is 0 Å². The number of nitrogens with one attached hydrogen (secondary N) is 2. The topological polar surface area (TPSA) is 110 Å². The first-order valence-corrected chi connectivity index (χ1v) is 8.53. The SMILES string of the molecule is CC(C)CNC(=O)NC(=O)CSc1nc(N)c2ccsc2n1. The number of carbonyl (C=O) groups is 2. The van der Waals surface area contributed by atoms with Gasteiger partial charge >= 0.3 is 6.03 Å². The third-order valence-corrected chi connectivity index (χ3v) is 4.24. The summed E-state index contributed by atoms with van der Waals surface area (Å²) in [5.74, 6) is 0.360. The fourth-order valence-corrected chi connectivity index (χ4v) is 3.04. The molecule has 2 aromatic heterocycles. The Morgan fingerprint density at radius 3 is 2.91 bits per heavy atom. The fourth-order valence-electron chi connectivity index (χ4n) is 1.56. The van der Waals surface area contributed by atoms with Crippen molar-refractivity contribution >= 4 is 51.1 Å². The number of rotatable bonds is 5.